The molecular formula is C20H27N3O2S. The topological polar surface area (TPSA) is 54.5 Å². The Kier molecular flexibility index (Phi) is 5.29. The van der Waals surface area contributed by atoms with Gasteiger partial charge in [-0.25, -0.2) is 4.98 Å². The maximum absolute atomic E-state index is 12.1. The number of piperidine rings is 1. The molecule has 0 unspecified atom stereocenters. The zero-order valence-electron chi connectivity index (χ0n) is 15.4. The van der Waals surface area contributed by atoms with E-state index >= 15 is 0 Å². The van der Waals surface area contributed by atoms with Crippen LogP contribution in [0, 0.1) is 5.92 Å². The molecule has 0 radical (unpaired) electrons. The lowest BCUT2D eigenvalue weighted by Crippen LogP contribution is -2.41. The molecule has 1 saturated carbocycles. The number of carbonyl (C=O) groups excluding carboxylic acids is 1. The Bertz CT molecular complexity index is 764. The van der Waals surface area contributed by atoms with E-state index in [0.717, 1.165) is 55.2 Å². The molecular weight excluding hydrogens is 346 g/mol. The fourth-order valence-corrected chi connectivity index (χ4v) is 4.76. The lowest BCUT2D eigenvalue weighted by Gasteiger charge is -2.32. The van der Waals surface area contributed by atoms with E-state index in [1.54, 1.807) is 11.3 Å². The summed E-state index contributed by atoms with van der Waals surface area (Å²) < 4.78 is 6.76. The highest BCUT2D eigenvalue weighted by Crippen LogP contribution is 2.34. The van der Waals surface area contributed by atoms with Gasteiger partial charge in [0.05, 0.1) is 16.8 Å². The Morgan fingerprint density at radius 3 is 2.81 bits per heavy atom. The predicted octanol–water partition coefficient (Wildman–Crippen LogP) is 3.97. The third kappa shape index (κ3) is 3.95. The van der Waals surface area contributed by atoms with E-state index in [0.29, 0.717) is 25.0 Å². The molecule has 1 N–H and O–H groups in total. The number of nitrogens with one attached hydrogen (secondary N) is 1. The van der Waals surface area contributed by atoms with Gasteiger partial charge in [0.25, 0.3) is 0 Å². The van der Waals surface area contributed by atoms with Crippen molar-refractivity contribution in [3.05, 3.63) is 18.2 Å². The normalized spacial score (nSPS) is 18.7. The minimum atomic E-state index is 0.247. The molecule has 2 fully saturated rings. The van der Waals surface area contributed by atoms with Crippen molar-refractivity contribution >= 4 is 32.6 Å². The molecule has 1 aliphatic heterocycles. The van der Waals surface area contributed by atoms with Gasteiger partial charge in [0.15, 0.2) is 5.13 Å². The first-order chi connectivity index (χ1) is 12.7. The Labute approximate surface area is 158 Å². The summed E-state index contributed by atoms with van der Waals surface area (Å²) in [5.74, 6) is 1.66. The van der Waals surface area contributed by atoms with Crippen LogP contribution in [0.2, 0.25) is 0 Å². The Morgan fingerprint density at radius 1 is 1.31 bits per heavy atom. The zero-order valence-corrected chi connectivity index (χ0v) is 16.2. The minimum absolute atomic E-state index is 0.247. The number of thiazole rings is 1. The van der Waals surface area contributed by atoms with E-state index < -0.39 is 0 Å². The minimum Gasteiger partial charge on any atom is -0.494 e. The second-order valence-electron chi connectivity index (χ2n) is 7.39. The standard InChI is InChI=1S/C20H27N3O2S/c1-2-25-16-6-7-17-18(13-16)26-20(22-17)23-10-8-14(9-11-23)12-19(24)21-15-4-3-5-15/h6-7,13-15H,2-5,8-12H2,1H3,(H,21,24). The highest BCUT2D eigenvalue weighted by Gasteiger charge is 2.25. The lowest BCUT2D eigenvalue weighted by atomic mass is 9.91. The third-order valence-electron chi connectivity index (χ3n) is 5.49. The molecule has 140 valence electrons. The van der Waals surface area contributed by atoms with Gasteiger partial charge in [-0.2, -0.15) is 0 Å². The van der Waals surface area contributed by atoms with Gasteiger partial charge in [-0.1, -0.05) is 11.3 Å². The van der Waals surface area contributed by atoms with Gasteiger partial charge in [0.1, 0.15) is 5.75 Å². The molecule has 0 spiro atoms. The number of aromatic nitrogens is 1. The van der Waals surface area contributed by atoms with Crippen LogP contribution in [0.1, 0.15) is 45.4 Å². The summed E-state index contributed by atoms with van der Waals surface area (Å²) in [7, 11) is 0. The molecule has 4 rings (SSSR count). The second kappa shape index (κ2) is 7.82. The Hall–Kier alpha value is -1.82. The zero-order chi connectivity index (χ0) is 17.9. The van der Waals surface area contributed by atoms with E-state index in [-0.39, 0.29) is 5.91 Å². The molecule has 1 amide bonds. The van der Waals surface area contributed by atoms with Crippen molar-refractivity contribution in [1.29, 1.82) is 0 Å². The van der Waals surface area contributed by atoms with Crippen LogP contribution >= 0.6 is 11.3 Å². The van der Waals surface area contributed by atoms with Crippen LogP contribution in [-0.2, 0) is 4.79 Å². The monoisotopic (exact) mass is 373 g/mol. The van der Waals surface area contributed by atoms with Crippen LogP contribution in [0.4, 0.5) is 5.13 Å². The largest absolute Gasteiger partial charge is 0.494 e. The van der Waals surface area contributed by atoms with Gasteiger partial charge in [-0.05, 0) is 63.1 Å². The summed E-state index contributed by atoms with van der Waals surface area (Å²) >= 11 is 1.73. The molecule has 1 aliphatic carbocycles. The van der Waals surface area contributed by atoms with E-state index in [2.05, 4.69) is 16.3 Å². The van der Waals surface area contributed by atoms with Crippen molar-refractivity contribution in [2.24, 2.45) is 5.92 Å². The van der Waals surface area contributed by atoms with Gasteiger partial charge in [-0.3, -0.25) is 4.79 Å². The Balaban J connectivity index is 1.32. The number of fused-ring (bicyclic) bond motifs is 1. The first-order valence-electron chi connectivity index (χ1n) is 9.79. The summed E-state index contributed by atoms with van der Waals surface area (Å²) in [6.45, 7) is 4.65. The second-order valence-corrected chi connectivity index (χ2v) is 8.40. The van der Waals surface area contributed by atoms with Crippen LogP contribution < -0.4 is 15.0 Å². The fraction of sp³-hybridized carbons (Fsp3) is 0.600. The number of anilines is 1. The molecule has 2 aromatic rings. The van der Waals surface area contributed by atoms with Crippen molar-refractivity contribution in [2.75, 3.05) is 24.6 Å². The van der Waals surface area contributed by atoms with Gasteiger partial charge in [-0.15, -0.1) is 0 Å². The molecule has 2 aliphatic rings. The SMILES string of the molecule is CCOc1ccc2nc(N3CCC(CC(=O)NC4CCC4)CC3)sc2c1. The highest BCUT2D eigenvalue weighted by atomic mass is 32.1. The summed E-state index contributed by atoms with van der Waals surface area (Å²) in [5.41, 5.74) is 1.04. The average Bonchev–Trinajstić information content (AvgIpc) is 3.02. The Morgan fingerprint density at radius 2 is 2.12 bits per heavy atom. The summed E-state index contributed by atoms with van der Waals surface area (Å²) in [6, 6.07) is 6.56. The van der Waals surface area contributed by atoms with Crippen molar-refractivity contribution in [1.82, 2.24) is 10.3 Å². The van der Waals surface area contributed by atoms with Gasteiger partial charge >= 0.3 is 0 Å². The quantitative estimate of drug-likeness (QED) is 0.832. The molecule has 2 heterocycles. The first kappa shape index (κ1) is 17.6. The molecule has 26 heavy (non-hydrogen) atoms. The summed E-state index contributed by atoms with van der Waals surface area (Å²) in [6.07, 6.45) is 6.40. The van der Waals surface area contributed by atoms with Gasteiger partial charge in [0.2, 0.25) is 5.91 Å². The van der Waals surface area contributed by atoms with E-state index in [1.165, 1.54) is 11.1 Å². The maximum atomic E-state index is 12.1. The van der Waals surface area contributed by atoms with E-state index in [9.17, 15) is 4.79 Å². The number of rotatable bonds is 6. The molecule has 6 heteroatoms. The number of hydrogen-bond donors (Lipinski definition) is 1. The number of hydrogen-bond acceptors (Lipinski definition) is 5. The van der Waals surface area contributed by atoms with Gasteiger partial charge < -0.3 is 15.0 Å². The smallest absolute Gasteiger partial charge is 0.220 e. The van der Waals surface area contributed by atoms with Crippen LogP contribution in [0.3, 0.4) is 0 Å². The van der Waals surface area contributed by atoms with Crippen molar-refractivity contribution in [3.8, 4) is 5.75 Å². The van der Waals surface area contributed by atoms with E-state index in [1.807, 2.05) is 19.1 Å². The molecule has 5 nitrogen and oxygen atoms in total. The number of ether oxygens (including phenoxy) is 1. The summed E-state index contributed by atoms with van der Waals surface area (Å²) in [4.78, 5) is 19.3. The van der Waals surface area contributed by atoms with Crippen LogP contribution in [0.25, 0.3) is 10.2 Å². The number of nitrogens with zero attached hydrogens (tertiary/aromatic N) is 2. The molecule has 0 atom stereocenters. The third-order valence-corrected chi connectivity index (χ3v) is 6.57. The number of amides is 1. The maximum Gasteiger partial charge on any atom is 0.220 e. The molecule has 1 aromatic heterocycles. The number of carbonyl (C=O) groups is 1. The lowest BCUT2D eigenvalue weighted by molar-refractivity contribution is -0.123. The van der Waals surface area contributed by atoms with Crippen molar-refractivity contribution in [2.45, 2.75) is 51.5 Å². The van der Waals surface area contributed by atoms with Crippen LogP contribution in [-0.4, -0.2) is 36.6 Å². The fourth-order valence-electron chi connectivity index (χ4n) is 3.71. The van der Waals surface area contributed by atoms with Crippen LogP contribution in [0.5, 0.6) is 5.75 Å². The first-order valence-corrected chi connectivity index (χ1v) is 10.6. The molecule has 1 aromatic carbocycles. The average molecular weight is 374 g/mol. The molecule has 1 saturated heterocycles. The van der Waals surface area contributed by atoms with E-state index in [4.69, 9.17) is 9.72 Å². The predicted molar refractivity (Wildman–Crippen MR) is 106 cm³/mol. The van der Waals surface area contributed by atoms with Crippen molar-refractivity contribution < 1.29 is 9.53 Å². The van der Waals surface area contributed by atoms with Crippen LogP contribution in [0.15, 0.2) is 18.2 Å². The molecule has 0 bridgehead atoms. The highest BCUT2D eigenvalue weighted by molar-refractivity contribution is 7.22. The number of benzene rings is 1. The van der Waals surface area contributed by atoms with Crippen molar-refractivity contribution in [3.63, 3.8) is 0 Å². The summed E-state index contributed by atoms with van der Waals surface area (Å²) in [5, 5.41) is 4.25. The van der Waals surface area contributed by atoms with Gasteiger partial charge in [0, 0.05) is 25.6 Å².